The molecule has 0 aliphatic carbocycles. The average molecular weight is 164 g/mol. The summed E-state index contributed by atoms with van der Waals surface area (Å²) in [7, 11) is -2.41. The summed E-state index contributed by atoms with van der Waals surface area (Å²) in [5.74, 6) is 0. The summed E-state index contributed by atoms with van der Waals surface area (Å²) in [4.78, 5) is 10.4. The zero-order valence-electron chi connectivity index (χ0n) is 6.51. The highest BCUT2D eigenvalue weighted by Crippen LogP contribution is 2.25. The van der Waals surface area contributed by atoms with Gasteiger partial charge < -0.3 is 4.52 Å². The molecule has 0 fully saturated rings. The zero-order chi connectivity index (χ0) is 8.15. The third-order valence-electron chi connectivity index (χ3n) is 1.17. The van der Waals surface area contributed by atoms with Crippen LogP contribution >= 0.6 is 8.03 Å². The Balaban J connectivity index is 3.68. The first-order valence-electron chi connectivity index (χ1n) is 3.29. The highest BCUT2D eigenvalue weighted by atomic mass is 31.1. The van der Waals surface area contributed by atoms with Crippen LogP contribution in [0.15, 0.2) is 0 Å². The van der Waals surface area contributed by atoms with E-state index in [2.05, 4.69) is 0 Å². The number of hydrogen-bond donors (Lipinski definition) is 0. The largest absolute Gasteiger partial charge is 0.322 e. The van der Waals surface area contributed by atoms with Crippen molar-refractivity contribution in [1.82, 2.24) is 0 Å². The number of carbonyl (C=O) groups excluding carboxylic acids is 1. The van der Waals surface area contributed by atoms with E-state index in [0.29, 0.717) is 0 Å². The van der Waals surface area contributed by atoms with Crippen LogP contribution in [0, 0.1) is 0 Å². The summed E-state index contributed by atoms with van der Waals surface area (Å²) < 4.78 is 15.6. The van der Waals surface area contributed by atoms with E-state index in [1.807, 2.05) is 6.92 Å². The Morgan fingerprint density at radius 3 is 2.50 bits per heavy atom. The molecule has 2 atom stereocenters. The molecular weight excluding hydrogens is 151 g/mol. The monoisotopic (exact) mass is 164 g/mol. The van der Waals surface area contributed by atoms with Gasteiger partial charge in [0.1, 0.15) is 0 Å². The molecular formula is C6H13O3P. The molecule has 2 unspecified atom stereocenters. The van der Waals surface area contributed by atoms with Gasteiger partial charge in [0.15, 0.2) is 0 Å². The minimum atomic E-state index is -2.41. The molecule has 0 aromatic rings. The molecule has 0 heterocycles. The maximum Gasteiger partial charge on any atom is 0.255 e. The SMILES string of the molecule is CCC(C)O[PH](=O)C(C)=O. The van der Waals surface area contributed by atoms with E-state index in [4.69, 9.17) is 4.52 Å². The molecule has 3 nitrogen and oxygen atoms in total. The van der Waals surface area contributed by atoms with Crippen molar-refractivity contribution < 1.29 is 13.9 Å². The van der Waals surface area contributed by atoms with E-state index in [9.17, 15) is 9.36 Å². The van der Waals surface area contributed by atoms with Gasteiger partial charge in [-0.2, -0.15) is 0 Å². The van der Waals surface area contributed by atoms with E-state index < -0.39 is 8.03 Å². The van der Waals surface area contributed by atoms with Crippen LogP contribution in [-0.4, -0.2) is 11.6 Å². The minimum Gasteiger partial charge on any atom is -0.322 e. The fourth-order valence-corrected chi connectivity index (χ4v) is 1.05. The molecule has 60 valence electrons. The first-order chi connectivity index (χ1) is 4.57. The summed E-state index contributed by atoms with van der Waals surface area (Å²) in [6.45, 7) is 5.00. The Kier molecular flexibility index (Phi) is 4.58. The van der Waals surface area contributed by atoms with Gasteiger partial charge in [-0.25, -0.2) is 0 Å². The van der Waals surface area contributed by atoms with Crippen LogP contribution in [0.2, 0.25) is 0 Å². The number of hydrogen-bond acceptors (Lipinski definition) is 3. The van der Waals surface area contributed by atoms with Crippen LogP contribution < -0.4 is 0 Å². The van der Waals surface area contributed by atoms with Crippen molar-refractivity contribution in [3.63, 3.8) is 0 Å². The first-order valence-corrected chi connectivity index (χ1v) is 4.61. The predicted octanol–water partition coefficient (Wildman–Crippen LogP) is 1.82. The Morgan fingerprint density at radius 2 is 2.20 bits per heavy atom. The van der Waals surface area contributed by atoms with Gasteiger partial charge in [0.2, 0.25) is 5.52 Å². The van der Waals surface area contributed by atoms with Gasteiger partial charge in [0, 0.05) is 6.92 Å². The van der Waals surface area contributed by atoms with Crippen molar-refractivity contribution >= 4 is 13.6 Å². The summed E-state index contributed by atoms with van der Waals surface area (Å²) in [6, 6.07) is 0. The quantitative estimate of drug-likeness (QED) is 0.595. The molecule has 0 radical (unpaired) electrons. The lowest BCUT2D eigenvalue weighted by Gasteiger charge is -2.06. The van der Waals surface area contributed by atoms with Crippen LogP contribution in [0.1, 0.15) is 27.2 Å². The van der Waals surface area contributed by atoms with Crippen molar-refractivity contribution in [2.75, 3.05) is 0 Å². The van der Waals surface area contributed by atoms with E-state index in [1.54, 1.807) is 6.92 Å². The molecule has 0 aliphatic rings. The molecule has 0 aromatic carbocycles. The second kappa shape index (κ2) is 4.64. The highest BCUT2D eigenvalue weighted by molar-refractivity contribution is 7.58. The molecule has 0 spiro atoms. The number of rotatable bonds is 4. The van der Waals surface area contributed by atoms with Gasteiger partial charge in [0.05, 0.1) is 6.10 Å². The van der Waals surface area contributed by atoms with Crippen molar-refractivity contribution in [3.8, 4) is 0 Å². The van der Waals surface area contributed by atoms with Crippen LogP contribution in [0.3, 0.4) is 0 Å². The molecule has 0 aromatic heterocycles. The Morgan fingerprint density at radius 1 is 1.70 bits per heavy atom. The van der Waals surface area contributed by atoms with Gasteiger partial charge in [-0.3, -0.25) is 9.36 Å². The van der Waals surface area contributed by atoms with Crippen molar-refractivity contribution in [2.45, 2.75) is 33.3 Å². The van der Waals surface area contributed by atoms with Gasteiger partial charge in [-0.1, -0.05) is 6.92 Å². The maximum absolute atomic E-state index is 10.7. The molecule has 0 aliphatic heterocycles. The summed E-state index contributed by atoms with van der Waals surface area (Å²) in [5, 5.41) is 0. The predicted molar refractivity (Wildman–Crippen MR) is 40.5 cm³/mol. The van der Waals surface area contributed by atoms with E-state index >= 15 is 0 Å². The highest BCUT2D eigenvalue weighted by Gasteiger charge is 2.08. The second-order valence-electron chi connectivity index (χ2n) is 2.18. The van der Waals surface area contributed by atoms with Gasteiger partial charge in [0.25, 0.3) is 8.03 Å². The molecule has 0 rings (SSSR count). The maximum atomic E-state index is 10.7. The lowest BCUT2D eigenvalue weighted by molar-refractivity contribution is -0.110. The van der Waals surface area contributed by atoms with Crippen molar-refractivity contribution in [1.29, 1.82) is 0 Å². The molecule has 10 heavy (non-hydrogen) atoms. The molecule has 0 saturated carbocycles. The number of carbonyl (C=O) groups is 1. The van der Waals surface area contributed by atoms with E-state index in [-0.39, 0.29) is 11.6 Å². The van der Waals surface area contributed by atoms with Crippen LogP contribution in [-0.2, 0) is 13.9 Å². The lowest BCUT2D eigenvalue weighted by atomic mass is 10.3. The standard InChI is InChI=1S/C6H13O3P/c1-4-5(2)9-10(8)6(3)7/h5,10H,4H2,1-3H3. The van der Waals surface area contributed by atoms with Gasteiger partial charge in [-0.15, -0.1) is 0 Å². The van der Waals surface area contributed by atoms with Crippen molar-refractivity contribution in [3.05, 3.63) is 0 Å². The van der Waals surface area contributed by atoms with Crippen LogP contribution in [0.5, 0.6) is 0 Å². The third kappa shape index (κ3) is 3.80. The van der Waals surface area contributed by atoms with Gasteiger partial charge in [-0.05, 0) is 13.3 Å². The third-order valence-corrected chi connectivity index (χ3v) is 2.36. The molecule has 0 N–H and O–H groups in total. The van der Waals surface area contributed by atoms with E-state index in [0.717, 1.165) is 6.42 Å². The Labute approximate surface area is 61.6 Å². The van der Waals surface area contributed by atoms with Crippen LogP contribution in [0.25, 0.3) is 0 Å². The lowest BCUT2D eigenvalue weighted by Crippen LogP contribution is -2.01. The van der Waals surface area contributed by atoms with Gasteiger partial charge >= 0.3 is 0 Å². The average Bonchev–Trinajstić information content (AvgIpc) is 1.87. The summed E-state index contributed by atoms with van der Waals surface area (Å²) in [6.07, 6.45) is 0.708. The van der Waals surface area contributed by atoms with E-state index in [1.165, 1.54) is 6.92 Å². The molecule has 4 heteroatoms. The smallest absolute Gasteiger partial charge is 0.255 e. The molecule has 0 amide bonds. The Bertz CT molecular complexity index is 144. The Hall–Kier alpha value is -0.140. The summed E-state index contributed by atoms with van der Waals surface area (Å²) >= 11 is 0. The molecule has 0 bridgehead atoms. The summed E-state index contributed by atoms with van der Waals surface area (Å²) in [5.41, 5.74) is -0.356. The molecule has 0 saturated heterocycles. The van der Waals surface area contributed by atoms with Crippen LogP contribution in [0.4, 0.5) is 0 Å². The minimum absolute atomic E-state index is 0.0738. The first kappa shape index (κ1) is 9.86. The topological polar surface area (TPSA) is 43.4 Å². The second-order valence-corrected chi connectivity index (χ2v) is 3.70. The van der Waals surface area contributed by atoms with Crippen molar-refractivity contribution in [2.24, 2.45) is 0 Å². The zero-order valence-corrected chi connectivity index (χ0v) is 7.51. The fraction of sp³-hybridized carbons (Fsp3) is 0.833. The normalized spacial score (nSPS) is 16.3. The fourth-order valence-electron chi connectivity index (χ4n) is 0.349.